The molecule has 4 rings (SSSR count). The van der Waals surface area contributed by atoms with Gasteiger partial charge in [0.15, 0.2) is 5.60 Å². The highest BCUT2D eigenvalue weighted by Gasteiger charge is 2.47. The summed E-state index contributed by atoms with van der Waals surface area (Å²) in [6, 6.07) is 4.09. The van der Waals surface area contributed by atoms with Crippen LogP contribution in [0.3, 0.4) is 0 Å². The molecular formula is C22H27BrClF2N5O4. The first kappa shape index (κ1) is 26.1. The minimum Gasteiger partial charge on any atom is -0.435 e. The lowest BCUT2D eigenvalue weighted by molar-refractivity contribution is -0.123. The van der Waals surface area contributed by atoms with Gasteiger partial charge in [0, 0.05) is 22.5 Å². The Kier molecular flexibility index (Phi) is 8.14. The van der Waals surface area contributed by atoms with Gasteiger partial charge in [0.2, 0.25) is 5.91 Å². The molecule has 35 heavy (non-hydrogen) atoms. The fourth-order valence-electron chi connectivity index (χ4n) is 4.93. The van der Waals surface area contributed by atoms with Gasteiger partial charge in [-0.3, -0.25) is 4.79 Å². The molecule has 1 saturated carbocycles. The second-order valence-electron chi connectivity index (χ2n) is 9.11. The van der Waals surface area contributed by atoms with Crippen LogP contribution in [0.15, 0.2) is 27.8 Å². The molecule has 3 atom stereocenters. The number of alkyl halides is 3. The van der Waals surface area contributed by atoms with E-state index >= 15 is 0 Å². The Hall–Kier alpha value is -2.02. The molecule has 192 valence electrons. The van der Waals surface area contributed by atoms with Crippen LogP contribution in [0.1, 0.15) is 51.0 Å². The number of nitrogens with zero attached hydrogens (tertiary/aromatic N) is 1. The molecule has 1 aromatic carbocycles. The summed E-state index contributed by atoms with van der Waals surface area (Å²) in [4.78, 5) is 24.5. The molecule has 2 unspecified atom stereocenters. The van der Waals surface area contributed by atoms with E-state index in [1.165, 1.54) is 12.1 Å². The van der Waals surface area contributed by atoms with Crippen molar-refractivity contribution in [2.45, 2.75) is 75.2 Å². The molecule has 1 aromatic rings. The third-order valence-electron chi connectivity index (χ3n) is 6.56. The van der Waals surface area contributed by atoms with Gasteiger partial charge in [-0.2, -0.15) is 13.9 Å². The molecule has 2 heterocycles. The summed E-state index contributed by atoms with van der Waals surface area (Å²) in [5, 5.41) is 7.32. The largest absolute Gasteiger partial charge is 0.435 e. The number of halogens is 4. The topological polar surface area (TPSA) is 113 Å². The number of nitrogens with one attached hydrogen (secondary N) is 4. The number of ether oxygens (including phenoxy) is 2. The van der Waals surface area contributed by atoms with Crippen LogP contribution in [0, 0.1) is 5.92 Å². The van der Waals surface area contributed by atoms with Crippen LogP contribution in [-0.2, 0) is 9.53 Å². The van der Waals surface area contributed by atoms with Gasteiger partial charge in [-0.1, -0.05) is 0 Å². The third kappa shape index (κ3) is 6.22. The van der Waals surface area contributed by atoms with Crippen LogP contribution in [0.5, 0.6) is 5.75 Å². The summed E-state index contributed by atoms with van der Waals surface area (Å²) in [6.45, 7) is -0.958. The van der Waals surface area contributed by atoms with Crippen LogP contribution in [0.4, 0.5) is 13.6 Å². The quantitative estimate of drug-likeness (QED) is 0.290. The summed E-state index contributed by atoms with van der Waals surface area (Å²) >= 11 is 9.38. The van der Waals surface area contributed by atoms with Crippen LogP contribution in [0.2, 0.25) is 0 Å². The monoisotopic (exact) mass is 577 g/mol. The highest BCUT2D eigenvalue weighted by molar-refractivity contribution is 9.10. The second kappa shape index (κ2) is 10.9. The molecule has 1 spiro atoms. The zero-order chi connectivity index (χ0) is 25.2. The van der Waals surface area contributed by atoms with Gasteiger partial charge in [0.25, 0.3) is 0 Å². The molecular weight excluding hydrogens is 552 g/mol. The van der Waals surface area contributed by atoms with E-state index in [0.29, 0.717) is 40.9 Å². The molecule has 0 bridgehead atoms. The molecule has 3 aliphatic rings. The van der Waals surface area contributed by atoms with E-state index in [-0.39, 0.29) is 29.2 Å². The zero-order valence-corrected chi connectivity index (χ0v) is 21.3. The number of carbonyl (C=O) groups is 2. The van der Waals surface area contributed by atoms with Gasteiger partial charge in [-0.25, -0.2) is 21.1 Å². The Balaban J connectivity index is 1.39. The summed E-state index contributed by atoms with van der Waals surface area (Å²) in [5.74, 6) is 0.244. The Morgan fingerprint density at radius 2 is 2.11 bits per heavy atom. The fourth-order valence-corrected chi connectivity index (χ4v) is 5.72. The van der Waals surface area contributed by atoms with Gasteiger partial charge < -0.3 is 14.8 Å². The molecule has 9 nitrogen and oxygen atoms in total. The number of hydrogen-bond donors (Lipinski definition) is 4. The van der Waals surface area contributed by atoms with Gasteiger partial charge >= 0.3 is 12.7 Å². The Bertz CT molecular complexity index is 993. The molecule has 0 aromatic heterocycles. The van der Waals surface area contributed by atoms with Crippen molar-refractivity contribution >= 4 is 45.2 Å². The first-order valence-corrected chi connectivity index (χ1v) is 12.7. The molecule has 1 saturated heterocycles. The number of hydrazone groups is 1. The summed E-state index contributed by atoms with van der Waals surface area (Å²) in [7, 11) is 0. The van der Waals surface area contributed by atoms with Crippen molar-refractivity contribution in [2.24, 2.45) is 11.0 Å². The smallest absolute Gasteiger partial charge is 0.428 e. The Labute approximate surface area is 214 Å². The predicted octanol–water partition coefficient (Wildman–Crippen LogP) is 3.75. The predicted molar refractivity (Wildman–Crippen MR) is 128 cm³/mol. The van der Waals surface area contributed by atoms with Crippen molar-refractivity contribution in [3.63, 3.8) is 0 Å². The van der Waals surface area contributed by atoms with Crippen LogP contribution in [-0.4, -0.2) is 47.5 Å². The van der Waals surface area contributed by atoms with Gasteiger partial charge in [0.05, 0.1) is 5.50 Å². The maximum absolute atomic E-state index is 12.6. The van der Waals surface area contributed by atoms with Gasteiger partial charge in [-0.15, -0.1) is 11.6 Å². The van der Waals surface area contributed by atoms with E-state index in [4.69, 9.17) is 16.3 Å². The molecule has 4 N–H and O–H groups in total. The zero-order valence-electron chi connectivity index (χ0n) is 19.0. The highest BCUT2D eigenvalue weighted by Crippen LogP contribution is 2.42. The van der Waals surface area contributed by atoms with Crippen molar-refractivity contribution < 1.29 is 27.8 Å². The van der Waals surface area contributed by atoms with Crippen LogP contribution >= 0.6 is 27.5 Å². The molecule has 2 fully saturated rings. The summed E-state index contributed by atoms with van der Waals surface area (Å²) < 4.78 is 35.9. The molecule has 0 radical (unpaired) electrons. The maximum atomic E-state index is 12.6. The average molecular weight is 579 g/mol. The summed E-state index contributed by atoms with van der Waals surface area (Å²) in [5.41, 5.74) is 8.03. The van der Waals surface area contributed by atoms with Gasteiger partial charge in [0.1, 0.15) is 17.5 Å². The standard InChI is InChI=1S/C22H27BrClF2N5O4/c1-11(27-19(32)16-10-17(24)29-28-16)8-12-4-6-22(7-5-12)18(30-31-21(33)35-22)14-3-2-13(9-15(14)23)34-20(25)26/h2-3,9,11-12,16-17,20,28-29H,4-8,10H2,1H3,(H,27,32)(H,31,33)/t11-,12?,16?,17?,22?/m0/s1. The summed E-state index contributed by atoms with van der Waals surface area (Å²) in [6.07, 6.45) is 3.31. The number of benzene rings is 1. The number of hydrazine groups is 1. The Morgan fingerprint density at radius 1 is 1.37 bits per heavy atom. The van der Waals surface area contributed by atoms with Gasteiger partial charge in [-0.05, 0) is 79.1 Å². The fraction of sp³-hybridized carbons (Fsp3) is 0.591. The molecule has 2 aliphatic heterocycles. The maximum Gasteiger partial charge on any atom is 0.428 e. The van der Waals surface area contributed by atoms with E-state index in [1.807, 2.05) is 6.92 Å². The number of carbonyl (C=O) groups excluding carboxylic acids is 2. The SMILES string of the molecule is C[C@@H](CC1CCC2(CC1)OC(=O)NN=C2c1ccc(OC(F)F)cc1Br)NC(=O)C1CC(Cl)NN1. The second-order valence-corrected chi connectivity index (χ2v) is 10.5. The first-order chi connectivity index (χ1) is 16.6. The lowest BCUT2D eigenvalue weighted by atomic mass is 9.73. The van der Waals surface area contributed by atoms with Crippen molar-refractivity contribution in [3.05, 3.63) is 28.2 Å². The number of hydrogen-bond acceptors (Lipinski definition) is 7. The minimum atomic E-state index is -2.93. The lowest BCUT2D eigenvalue weighted by Gasteiger charge is -2.42. The van der Waals surface area contributed by atoms with Crippen molar-refractivity contribution in [1.29, 1.82) is 0 Å². The van der Waals surface area contributed by atoms with Crippen LogP contribution in [0.25, 0.3) is 0 Å². The molecule has 13 heteroatoms. The molecule has 1 aliphatic carbocycles. The normalized spacial score (nSPS) is 29.4. The number of amides is 2. The first-order valence-electron chi connectivity index (χ1n) is 11.4. The minimum absolute atomic E-state index is 0.0101. The lowest BCUT2D eigenvalue weighted by Crippen LogP contribution is -2.52. The van der Waals surface area contributed by atoms with E-state index in [1.54, 1.807) is 6.07 Å². The molecule has 2 amide bonds. The van der Waals surface area contributed by atoms with Crippen LogP contribution < -0.4 is 26.3 Å². The van der Waals surface area contributed by atoms with E-state index in [0.717, 1.165) is 19.3 Å². The van der Waals surface area contributed by atoms with Crippen molar-refractivity contribution in [2.75, 3.05) is 0 Å². The van der Waals surface area contributed by atoms with Crippen molar-refractivity contribution in [3.8, 4) is 5.75 Å². The van der Waals surface area contributed by atoms with E-state index in [9.17, 15) is 18.4 Å². The third-order valence-corrected chi connectivity index (χ3v) is 7.50. The van der Waals surface area contributed by atoms with Crippen molar-refractivity contribution in [1.82, 2.24) is 21.6 Å². The highest BCUT2D eigenvalue weighted by atomic mass is 79.9. The Morgan fingerprint density at radius 3 is 2.74 bits per heavy atom. The van der Waals surface area contributed by atoms with E-state index < -0.39 is 18.3 Å². The average Bonchev–Trinajstić information content (AvgIpc) is 3.22. The van der Waals surface area contributed by atoms with E-state index in [2.05, 4.69) is 47.4 Å². The number of rotatable bonds is 7.